The van der Waals surface area contributed by atoms with Crippen LogP contribution in [0.4, 0.5) is 28.9 Å². The van der Waals surface area contributed by atoms with E-state index in [0.29, 0.717) is 26.2 Å². The van der Waals surface area contributed by atoms with E-state index in [-0.39, 0.29) is 34.0 Å². The van der Waals surface area contributed by atoms with Crippen LogP contribution in [0.1, 0.15) is 5.56 Å². The predicted molar refractivity (Wildman–Crippen MR) is 115 cm³/mol. The summed E-state index contributed by atoms with van der Waals surface area (Å²) < 4.78 is 60.9. The Morgan fingerprint density at radius 1 is 0.970 bits per heavy atom. The first kappa shape index (κ1) is 22.5. The lowest BCUT2D eigenvalue weighted by molar-refractivity contribution is -0.384. The summed E-state index contributed by atoms with van der Waals surface area (Å²) in [6.45, 7) is 2.00. The summed E-state index contributed by atoms with van der Waals surface area (Å²) in [5, 5.41) is 14.4. The molecule has 0 spiro atoms. The first-order valence-electron chi connectivity index (χ1n) is 10.1. The van der Waals surface area contributed by atoms with Crippen molar-refractivity contribution in [1.29, 1.82) is 0 Å². The number of hydrogen-bond acceptors (Lipinski definition) is 5. The number of rotatable bonds is 5. The molecule has 1 N–H and O–H groups in total. The largest absolute Gasteiger partial charge is 0.457 e. The molecule has 0 aliphatic carbocycles. The lowest BCUT2D eigenvalue weighted by atomic mass is 9.99. The number of anilines is 1. The third-order valence-corrected chi connectivity index (χ3v) is 5.29. The third-order valence-electron chi connectivity index (χ3n) is 5.29. The van der Waals surface area contributed by atoms with E-state index in [1.165, 1.54) is 54.6 Å². The number of ether oxygens (including phenoxy) is 1. The molecule has 3 aromatic rings. The van der Waals surface area contributed by atoms with Crippen LogP contribution in [0.5, 0.6) is 11.5 Å². The van der Waals surface area contributed by atoms with Gasteiger partial charge in [0.15, 0.2) is 0 Å². The van der Waals surface area contributed by atoms with Crippen molar-refractivity contribution in [3.05, 3.63) is 82.2 Å². The minimum Gasteiger partial charge on any atom is -0.457 e. The van der Waals surface area contributed by atoms with Gasteiger partial charge in [-0.15, -0.1) is 0 Å². The highest BCUT2D eigenvalue weighted by molar-refractivity contribution is 5.76. The Morgan fingerprint density at radius 3 is 2.30 bits per heavy atom. The molecule has 1 heterocycles. The second-order valence-electron chi connectivity index (χ2n) is 7.46. The van der Waals surface area contributed by atoms with Gasteiger partial charge in [-0.05, 0) is 48.0 Å². The number of nitro benzene ring substituents is 1. The maximum absolute atomic E-state index is 14.0. The zero-order valence-electron chi connectivity index (χ0n) is 17.2. The zero-order valence-corrected chi connectivity index (χ0v) is 17.2. The van der Waals surface area contributed by atoms with E-state index in [1.54, 1.807) is 4.90 Å². The van der Waals surface area contributed by atoms with Gasteiger partial charge in [-0.2, -0.15) is 13.2 Å². The van der Waals surface area contributed by atoms with Crippen molar-refractivity contribution in [2.24, 2.45) is 0 Å². The monoisotopic (exact) mass is 461 g/mol. The van der Waals surface area contributed by atoms with Crippen molar-refractivity contribution in [2.45, 2.75) is 6.18 Å². The average molecular weight is 461 g/mol. The molecule has 1 aliphatic rings. The molecular weight excluding hydrogens is 442 g/mol. The topological polar surface area (TPSA) is 67.6 Å². The van der Waals surface area contributed by atoms with Gasteiger partial charge in [-0.1, -0.05) is 6.07 Å². The van der Waals surface area contributed by atoms with Crippen molar-refractivity contribution in [2.75, 3.05) is 31.1 Å². The number of non-ortho nitro benzene ring substituents is 1. The summed E-state index contributed by atoms with van der Waals surface area (Å²) in [6.07, 6.45) is -4.63. The van der Waals surface area contributed by atoms with Crippen LogP contribution in [0, 0.1) is 15.9 Å². The molecule has 1 fully saturated rings. The summed E-state index contributed by atoms with van der Waals surface area (Å²) in [6, 6.07) is 12.6. The molecule has 0 saturated carbocycles. The maximum atomic E-state index is 14.0. The normalized spacial score (nSPS) is 14.2. The minimum absolute atomic E-state index is 0.0548. The number of nitrogens with zero attached hydrogens (tertiary/aromatic N) is 2. The summed E-state index contributed by atoms with van der Waals surface area (Å²) in [4.78, 5) is 12.3. The molecule has 0 unspecified atom stereocenters. The standard InChI is InChI=1S/C23H19F4N3O3/c24-16-2-5-18(6-3-16)33-22-8-4-17(30(31)32)14-19(22)15-1-7-21(20(13-15)23(25,26)27)29-11-9-28-10-12-29/h1-8,13-14,28H,9-12H2. The van der Waals surface area contributed by atoms with Crippen LogP contribution in [-0.4, -0.2) is 31.1 Å². The molecule has 4 rings (SSSR count). The van der Waals surface area contributed by atoms with Crippen LogP contribution in [0.15, 0.2) is 60.7 Å². The number of nitrogens with one attached hydrogen (secondary N) is 1. The maximum Gasteiger partial charge on any atom is 0.418 e. The number of alkyl halides is 3. The van der Waals surface area contributed by atoms with Gasteiger partial charge in [0.25, 0.3) is 5.69 Å². The Labute approximate surface area is 186 Å². The van der Waals surface area contributed by atoms with Crippen LogP contribution in [0.2, 0.25) is 0 Å². The van der Waals surface area contributed by atoms with Gasteiger partial charge in [0, 0.05) is 49.6 Å². The molecule has 0 atom stereocenters. The summed E-state index contributed by atoms with van der Waals surface area (Å²) >= 11 is 0. The Balaban J connectivity index is 1.81. The average Bonchev–Trinajstić information content (AvgIpc) is 2.80. The number of hydrogen-bond donors (Lipinski definition) is 1. The number of piperazine rings is 1. The van der Waals surface area contributed by atoms with E-state index in [0.717, 1.165) is 6.07 Å². The second kappa shape index (κ2) is 9.07. The van der Waals surface area contributed by atoms with Gasteiger partial charge in [0.1, 0.15) is 17.3 Å². The fraction of sp³-hybridized carbons (Fsp3) is 0.217. The molecule has 172 valence electrons. The van der Waals surface area contributed by atoms with Crippen molar-refractivity contribution in [1.82, 2.24) is 5.32 Å². The van der Waals surface area contributed by atoms with E-state index in [4.69, 9.17) is 4.74 Å². The molecule has 6 nitrogen and oxygen atoms in total. The first-order chi connectivity index (χ1) is 15.7. The molecule has 3 aromatic carbocycles. The molecule has 1 aliphatic heterocycles. The molecule has 0 amide bonds. The summed E-state index contributed by atoms with van der Waals surface area (Å²) in [5.41, 5.74) is -0.843. The summed E-state index contributed by atoms with van der Waals surface area (Å²) in [5.74, 6) is -0.139. The van der Waals surface area contributed by atoms with E-state index in [2.05, 4.69) is 5.32 Å². The Morgan fingerprint density at radius 2 is 1.67 bits per heavy atom. The van der Waals surface area contributed by atoms with Crippen molar-refractivity contribution in [3.8, 4) is 22.6 Å². The molecule has 10 heteroatoms. The van der Waals surface area contributed by atoms with E-state index < -0.39 is 22.5 Å². The van der Waals surface area contributed by atoms with Crippen LogP contribution in [0.25, 0.3) is 11.1 Å². The molecule has 0 bridgehead atoms. The van der Waals surface area contributed by atoms with Crippen molar-refractivity contribution in [3.63, 3.8) is 0 Å². The third kappa shape index (κ3) is 5.06. The quantitative estimate of drug-likeness (QED) is 0.303. The van der Waals surface area contributed by atoms with Gasteiger partial charge in [0.05, 0.1) is 10.5 Å². The fourth-order valence-corrected chi connectivity index (χ4v) is 3.69. The SMILES string of the molecule is O=[N+]([O-])c1ccc(Oc2ccc(F)cc2)c(-c2ccc(N3CCNCC3)c(C(F)(F)F)c2)c1. The number of benzene rings is 3. The van der Waals surface area contributed by atoms with Gasteiger partial charge in [-0.3, -0.25) is 10.1 Å². The van der Waals surface area contributed by atoms with Gasteiger partial charge in [0.2, 0.25) is 0 Å². The van der Waals surface area contributed by atoms with Crippen LogP contribution in [0.3, 0.4) is 0 Å². The highest BCUT2D eigenvalue weighted by Crippen LogP contribution is 2.42. The lowest BCUT2D eigenvalue weighted by Crippen LogP contribution is -2.44. The first-order valence-corrected chi connectivity index (χ1v) is 10.1. The smallest absolute Gasteiger partial charge is 0.418 e. The molecule has 1 saturated heterocycles. The van der Waals surface area contributed by atoms with Crippen molar-refractivity contribution < 1.29 is 27.2 Å². The highest BCUT2D eigenvalue weighted by atomic mass is 19.4. The van der Waals surface area contributed by atoms with Gasteiger partial charge in [-0.25, -0.2) is 4.39 Å². The Kier molecular flexibility index (Phi) is 6.19. The summed E-state index contributed by atoms with van der Waals surface area (Å²) in [7, 11) is 0. The van der Waals surface area contributed by atoms with E-state index in [9.17, 15) is 27.7 Å². The predicted octanol–water partition coefficient (Wildman–Crippen LogP) is 5.62. The number of nitro groups is 1. The number of halogens is 4. The minimum atomic E-state index is -4.63. The van der Waals surface area contributed by atoms with Crippen LogP contribution < -0.4 is 15.0 Å². The van der Waals surface area contributed by atoms with E-state index >= 15 is 0 Å². The fourth-order valence-electron chi connectivity index (χ4n) is 3.69. The molecule has 33 heavy (non-hydrogen) atoms. The highest BCUT2D eigenvalue weighted by Gasteiger charge is 2.36. The van der Waals surface area contributed by atoms with Crippen LogP contribution in [-0.2, 0) is 6.18 Å². The second-order valence-corrected chi connectivity index (χ2v) is 7.46. The van der Waals surface area contributed by atoms with E-state index in [1.807, 2.05) is 0 Å². The molecule has 0 radical (unpaired) electrons. The van der Waals surface area contributed by atoms with Gasteiger partial charge < -0.3 is 15.0 Å². The van der Waals surface area contributed by atoms with Crippen LogP contribution >= 0.6 is 0 Å². The lowest BCUT2D eigenvalue weighted by Gasteiger charge is -2.31. The van der Waals surface area contributed by atoms with Gasteiger partial charge >= 0.3 is 6.18 Å². The molecular formula is C23H19F4N3O3. The zero-order chi connectivity index (χ0) is 23.6. The van der Waals surface area contributed by atoms with Crippen molar-refractivity contribution >= 4 is 11.4 Å². The Hall–Kier alpha value is -3.66. The molecule has 0 aromatic heterocycles. The Bertz CT molecular complexity index is 1160.